The van der Waals surface area contributed by atoms with Crippen molar-refractivity contribution in [2.45, 2.75) is 38.6 Å². The average Bonchev–Trinajstić information content (AvgIpc) is 3.73. The van der Waals surface area contributed by atoms with Crippen LogP contribution in [0.25, 0.3) is 16.9 Å². The summed E-state index contributed by atoms with van der Waals surface area (Å²) < 4.78 is 16.3. The highest BCUT2D eigenvalue weighted by Crippen LogP contribution is 2.40. The second-order valence-electron chi connectivity index (χ2n) is 10.1. The number of nitrogens with zero attached hydrogens (tertiary/aromatic N) is 4. The number of carbonyl (C=O) groups is 1. The van der Waals surface area contributed by atoms with Gasteiger partial charge in [-0.3, -0.25) is 4.79 Å². The highest BCUT2D eigenvalue weighted by Gasteiger charge is 2.27. The summed E-state index contributed by atoms with van der Waals surface area (Å²) >= 11 is 6.24. The van der Waals surface area contributed by atoms with Crippen molar-refractivity contribution in [2.75, 3.05) is 11.9 Å². The molecule has 3 aromatic carbocycles. The number of fused-ring (bicyclic) bond motifs is 1. The van der Waals surface area contributed by atoms with Gasteiger partial charge in [-0.05, 0) is 55.7 Å². The van der Waals surface area contributed by atoms with Gasteiger partial charge in [0.2, 0.25) is 0 Å². The lowest BCUT2D eigenvalue weighted by molar-refractivity contribution is 0.0742. The van der Waals surface area contributed by atoms with Crippen molar-refractivity contribution in [3.05, 3.63) is 113 Å². The Labute approximate surface area is 237 Å². The van der Waals surface area contributed by atoms with E-state index in [1.807, 2.05) is 60.0 Å². The van der Waals surface area contributed by atoms with E-state index in [1.54, 1.807) is 29.2 Å². The van der Waals surface area contributed by atoms with Crippen molar-refractivity contribution in [2.24, 2.45) is 0 Å². The lowest BCUT2D eigenvalue weighted by Gasteiger charge is -2.23. The van der Waals surface area contributed by atoms with Gasteiger partial charge in [0, 0.05) is 52.0 Å². The molecule has 0 unspecified atom stereocenters. The third kappa shape index (κ3) is 5.42. The topological polar surface area (TPSA) is 62.5 Å². The predicted octanol–water partition coefficient (Wildman–Crippen LogP) is 7.86. The van der Waals surface area contributed by atoms with Gasteiger partial charge in [0.25, 0.3) is 5.91 Å². The predicted molar refractivity (Wildman–Crippen MR) is 157 cm³/mol. The molecule has 0 atom stereocenters. The molecule has 6 rings (SSSR count). The summed E-state index contributed by atoms with van der Waals surface area (Å²) in [4.78, 5) is 19.9. The third-order valence-corrected chi connectivity index (χ3v) is 7.46. The summed E-state index contributed by atoms with van der Waals surface area (Å²) in [7, 11) is 0. The van der Waals surface area contributed by atoms with Crippen LogP contribution in [0.1, 0.15) is 53.7 Å². The second kappa shape index (κ2) is 11.1. The van der Waals surface area contributed by atoms with Gasteiger partial charge in [0.1, 0.15) is 11.6 Å². The number of aromatic nitrogens is 3. The van der Waals surface area contributed by atoms with E-state index in [0.29, 0.717) is 28.6 Å². The first-order valence-electron chi connectivity index (χ1n) is 13.6. The zero-order chi connectivity index (χ0) is 27.6. The molecule has 1 N–H and O–H groups in total. The fourth-order valence-corrected chi connectivity index (χ4v) is 5.06. The first kappa shape index (κ1) is 26.0. The van der Waals surface area contributed by atoms with E-state index < -0.39 is 5.82 Å². The first-order chi connectivity index (χ1) is 19.5. The van der Waals surface area contributed by atoms with Crippen LogP contribution in [0.4, 0.5) is 15.9 Å². The molecule has 1 aliphatic rings. The van der Waals surface area contributed by atoms with Gasteiger partial charge < -0.3 is 10.2 Å². The molecule has 1 aliphatic carbocycles. The number of rotatable bonds is 9. The number of benzene rings is 3. The van der Waals surface area contributed by atoms with E-state index in [1.165, 1.54) is 6.07 Å². The molecule has 5 aromatic rings. The fraction of sp³-hybridized carbons (Fsp3) is 0.219. The van der Waals surface area contributed by atoms with Crippen molar-refractivity contribution in [1.82, 2.24) is 19.5 Å². The Kier molecular flexibility index (Phi) is 7.22. The summed E-state index contributed by atoms with van der Waals surface area (Å²) in [5, 5.41) is 8.63. The number of halogens is 2. The summed E-state index contributed by atoms with van der Waals surface area (Å²) in [6, 6.07) is 26.0. The van der Waals surface area contributed by atoms with Crippen molar-refractivity contribution < 1.29 is 9.18 Å². The maximum atomic E-state index is 14.4. The SMILES string of the molecule is CCCN(Cc1c(F)cccc1Cl)C(=O)c1ccc(Nc2cc(-c3ccccc3)nc3cc(C4CC4)nn23)cc1. The Morgan fingerprint density at radius 2 is 1.82 bits per heavy atom. The number of carbonyl (C=O) groups excluding carboxylic acids is 1. The van der Waals surface area contributed by atoms with Crippen LogP contribution in [-0.4, -0.2) is 31.9 Å². The number of amides is 1. The van der Waals surface area contributed by atoms with Gasteiger partial charge in [-0.25, -0.2) is 9.37 Å². The first-order valence-corrected chi connectivity index (χ1v) is 13.9. The lowest BCUT2D eigenvalue weighted by Crippen LogP contribution is -2.31. The molecule has 2 heterocycles. The molecule has 0 aliphatic heterocycles. The van der Waals surface area contributed by atoms with Gasteiger partial charge >= 0.3 is 0 Å². The Morgan fingerprint density at radius 1 is 1.05 bits per heavy atom. The van der Waals surface area contributed by atoms with E-state index in [0.717, 1.165) is 53.4 Å². The van der Waals surface area contributed by atoms with E-state index in [2.05, 4.69) is 11.4 Å². The van der Waals surface area contributed by atoms with Gasteiger partial charge in [0.15, 0.2) is 5.65 Å². The Balaban J connectivity index is 1.27. The Morgan fingerprint density at radius 3 is 2.52 bits per heavy atom. The van der Waals surface area contributed by atoms with Crippen molar-refractivity contribution >= 4 is 34.7 Å². The quantitative estimate of drug-likeness (QED) is 0.202. The van der Waals surface area contributed by atoms with Crippen LogP contribution < -0.4 is 5.32 Å². The third-order valence-electron chi connectivity index (χ3n) is 7.11. The summed E-state index contributed by atoms with van der Waals surface area (Å²) in [5.41, 5.74) is 5.38. The number of nitrogens with one attached hydrogen (secondary N) is 1. The zero-order valence-corrected chi connectivity index (χ0v) is 22.9. The van der Waals surface area contributed by atoms with Gasteiger partial charge in [-0.1, -0.05) is 54.9 Å². The minimum atomic E-state index is -0.414. The molecule has 0 radical (unpaired) electrons. The summed E-state index contributed by atoms with van der Waals surface area (Å²) in [6.07, 6.45) is 3.06. The van der Waals surface area contributed by atoms with Gasteiger partial charge in [-0.2, -0.15) is 9.61 Å². The molecule has 1 amide bonds. The van der Waals surface area contributed by atoms with Crippen LogP contribution >= 0.6 is 11.6 Å². The van der Waals surface area contributed by atoms with E-state index in [4.69, 9.17) is 21.7 Å². The highest BCUT2D eigenvalue weighted by atomic mass is 35.5. The monoisotopic (exact) mass is 553 g/mol. The maximum absolute atomic E-state index is 14.4. The molecule has 0 bridgehead atoms. The number of hydrogen-bond donors (Lipinski definition) is 1. The Hall–Kier alpha value is -4.23. The van der Waals surface area contributed by atoms with Crippen LogP contribution in [-0.2, 0) is 6.54 Å². The molecular weight excluding hydrogens is 525 g/mol. The van der Waals surface area contributed by atoms with Crippen LogP contribution in [0, 0.1) is 5.82 Å². The molecule has 0 spiro atoms. The fourth-order valence-electron chi connectivity index (χ4n) is 4.84. The van der Waals surface area contributed by atoms with Crippen LogP contribution in [0.15, 0.2) is 84.9 Å². The number of anilines is 2. The van der Waals surface area contributed by atoms with Gasteiger partial charge in [-0.15, -0.1) is 0 Å². The average molecular weight is 554 g/mol. The van der Waals surface area contributed by atoms with E-state index in [-0.39, 0.29) is 12.5 Å². The standard InChI is InChI=1S/C32H29ClFN5O/c1-2-17-38(20-25-26(33)9-6-10-27(25)34)32(40)23-13-15-24(16-14-23)35-30-18-28(21-7-4-3-5-8-21)36-31-19-29(22-11-12-22)37-39(30)31/h3-10,13-16,18-19,22,35H,2,11-12,17,20H2,1H3. The zero-order valence-electron chi connectivity index (χ0n) is 22.1. The Bertz CT molecular complexity index is 1640. The van der Waals surface area contributed by atoms with Crippen molar-refractivity contribution in [3.63, 3.8) is 0 Å². The maximum Gasteiger partial charge on any atom is 0.254 e. The highest BCUT2D eigenvalue weighted by molar-refractivity contribution is 6.31. The van der Waals surface area contributed by atoms with Crippen molar-refractivity contribution in [3.8, 4) is 11.3 Å². The van der Waals surface area contributed by atoms with Gasteiger partial charge in [0.05, 0.1) is 17.9 Å². The molecule has 8 heteroatoms. The second-order valence-corrected chi connectivity index (χ2v) is 10.5. The smallest absolute Gasteiger partial charge is 0.254 e. The van der Waals surface area contributed by atoms with Crippen LogP contribution in [0.5, 0.6) is 0 Å². The molecule has 6 nitrogen and oxygen atoms in total. The summed E-state index contributed by atoms with van der Waals surface area (Å²) in [6.45, 7) is 2.58. The minimum absolute atomic E-state index is 0.109. The largest absolute Gasteiger partial charge is 0.340 e. The molecular formula is C32H29ClFN5O. The number of hydrogen-bond acceptors (Lipinski definition) is 4. The van der Waals surface area contributed by atoms with Crippen molar-refractivity contribution in [1.29, 1.82) is 0 Å². The molecule has 40 heavy (non-hydrogen) atoms. The van der Waals surface area contributed by atoms with Crippen LogP contribution in [0.3, 0.4) is 0 Å². The molecule has 0 saturated heterocycles. The molecule has 202 valence electrons. The summed E-state index contributed by atoms with van der Waals surface area (Å²) in [5.74, 6) is 0.705. The van der Waals surface area contributed by atoms with Crippen LogP contribution in [0.2, 0.25) is 5.02 Å². The molecule has 1 saturated carbocycles. The minimum Gasteiger partial charge on any atom is -0.340 e. The van der Waals surface area contributed by atoms with E-state index in [9.17, 15) is 9.18 Å². The molecule has 2 aromatic heterocycles. The normalized spacial score (nSPS) is 13.0. The lowest BCUT2D eigenvalue weighted by atomic mass is 10.1. The van der Waals surface area contributed by atoms with E-state index >= 15 is 0 Å². The molecule has 1 fully saturated rings.